The van der Waals surface area contributed by atoms with Crippen molar-refractivity contribution in [2.24, 2.45) is 0 Å². The van der Waals surface area contributed by atoms with Crippen LogP contribution in [0, 0.1) is 5.82 Å². The van der Waals surface area contributed by atoms with E-state index in [1.54, 1.807) is 53.4 Å². The maximum Gasteiger partial charge on any atom is 0.264 e. The number of rotatable bonds is 4. The zero-order chi connectivity index (χ0) is 24.7. The van der Waals surface area contributed by atoms with Gasteiger partial charge in [-0.25, -0.2) is 12.8 Å². The van der Waals surface area contributed by atoms with Gasteiger partial charge in [0.1, 0.15) is 5.82 Å². The van der Waals surface area contributed by atoms with Crippen molar-refractivity contribution in [1.82, 2.24) is 4.90 Å². The number of hydrogen-bond donors (Lipinski definition) is 0. The minimum atomic E-state index is -3.76. The van der Waals surface area contributed by atoms with Gasteiger partial charge < -0.3 is 9.80 Å². The van der Waals surface area contributed by atoms with Crippen molar-refractivity contribution in [3.05, 3.63) is 88.7 Å². The Hall–Kier alpha value is -3.10. The van der Waals surface area contributed by atoms with Crippen molar-refractivity contribution >= 4 is 38.9 Å². The van der Waals surface area contributed by atoms with E-state index in [1.165, 1.54) is 22.5 Å². The molecule has 0 N–H and O–H groups in total. The predicted octanol–water partition coefficient (Wildman–Crippen LogP) is 4.58. The van der Waals surface area contributed by atoms with Crippen molar-refractivity contribution in [2.45, 2.75) is 24.3 Å². The third kappa shape index (κ3) is 4.36. The number of sulfonamides is 1. The lowest BCUT2D eigenvalue weighted by Gasteiger charge is -2.36. The van der Waals surface area contributed by atoms with E-state index in [1.807, 2.05) is 11.8 Å². The number of piperazine rings is 1. The van der Waals surface area contributed by atoms with Gasteiger partial charge in [0.05, 0.1) is 16.3 Å². The van der Waals surface area contributed by atoms with E-state index in [-0.39, 0.29) is 22.7 Å². The fraction of sp³-hybridized carbons (Fsp3) is 0.269. The van der Waals surface area contributed by atoms with Crippen LogP contribution < -0.4 is 9.21 Å². The molecule has 0 aliphatic carbocycles. The topological polar surface area (TPSA) is 60.9 Å². The number of benzene rings is 3. The van der Waals surface area contributed by atoms with Crippen LogP contribution in [0.5, 0.6) is 0 Å². The second-order valence-electron chi connectivity index (χ2n) is 8.88. The molecule has 0 radical (unpaired) electrons. The van der Waals surface area contributed by atoms with Crippen LogP contribution in [0.3, 0.4) is 0 Å². The van der Waals surface area contributed by atoms with Crippen molar-refractivity contribution < 1.29 is 17.6 Å². The molecule has 182 valence electrons. The van der Waals surface area contributed by atoms with E-state index < -0.39 is 10.0 Å². The number of carbonyl (C=O) groups is 1. The molecule has 0 aromatic heterocycles. The molecule has 9 heteroatoms. The molecule has 1 fully saturated rings. The number of hydrogen-bond acceptors (Lipinski definition) is 4. The highest BCUT2D eigenvalue weighted by Crippen LogP contribution is 2.37. The summed E-state index contributed by atoms with van der Waals surface area (Å²) in [4.78, 5) is 17.1. The fourth-order valence-electron chi connectivity index (χ4n) is 4.86. The largest absolute Gasteiger partial charge is 0.366 e. The van der Waals surface area contributed by atoms with Gasteiger partial charge >= 0.3 is 0 Å². The molecule has 0 saturated carbocycles. The summed E-state index contributed by atoms with van der Waals surface area (Å²) in [5.41, 5.74) is 2.49. The molecule has 6 nitrogen and oxygen atoms in total. The normalized spacial score (nSPS) is 18.0. The second-order valence-corrected chi connectivity index (χ2v) is 11.1. The highest BCUT2D eigenvalue weighted by Gasteiger charge is 2.36. The Labute approximate surface area is 209 Å². The zero-order valence-corrected chi connectivity index (χ0v) is 20.8. The van der Waals surface area contributed by atoms with E-state index in [9.17, 15) is 17.6 Å². The Morgan fingerprint density at radius 2 is 1.63 bits per heavy atom. The SMILES string of the molecule is C[C@@H]1Cc2cc(C(=O)N3CCN(c4ccccc4F)CC3)ccc2N1S(=O)(=O)c1ccc(Cl)cc1. The standard InChI is InChI=1S/C26H25ClFN3O3S/c1-18-16-20-17-19(6-11-24(20)31(18)35(33,34)22-9-7-21(27)8-10-22)26(32)30-14-12-29(13-15-30)25-5-3-2-4-23(25)28/h2-11,17-18H,12-16H2,1H3/t18-/m1/s1. The summed E-state index contributed by atoms with van der Waals surface area (Å²) in [6.45, 7) is 3.91. The monoisotopic (exact) mass is 513 g/mol. The van der Waals surface area contributed by atoms with Gasteiger partial charge in [0.25, 0.3) is 15.9 Å². The fourth-order valence-corrected chi connectivity index (χ4v) is 6.68. The van der Waals surface area contributed by atoms with Gasteiger partial charge in [0.15, 0.2) is 0 Å². The minimum Gasteiger partial charge on any atom is -0.366 e. The molecule has 1 atom stereocenters. The first kappa shape index (κ1) is 23.6. The number of amides is 1. The molecular formula is C26H25ClFN3O3S. The van der Waals surface area contributed by atoms with Crippen molar-refractivity contribution in [2.75, 3.05) is 35.4 Å². The van der Waals surface area contributed by atoms with E-state index in [2.05, 4.69) is 0 Å². The zero-order valence-electron chi connectivity index (χ0n) is 19.2. The number of anilines is 2. The number of halogens is 2. The Kier molecular flexibility index (Phi) is 6.19. The maximum absolute atomic E-state index is 14.1. The molecule has 3 aromatic rings. The molecule has 2 heterocycles. The summed E-state index contributed by atoms with van der Waals surface area (Å²) in [6.07, 6.45) is 0.518. The molecule has 2 aliphatic heterocycles. The quantitative estimate of drug-likeness (QED) is 0.512. The predicted molar refractivity (Wildman–Crippen MR) is 135 cm³/mol. The minimum absolute atomic E-state index is 0.104. The molecular weight excluding hydrogens is 489 g/mol. The van der Waals surface area contributed by atoms with E-state index >= 15 is 0 Å². The smallest absolute Gasteiger partial charge is 0.264 e. The Morgan fingerprint density at radius 1 is 0.943 bits per heavy atom. The average molecular weight is 514 g/mol. The van der Waals surface area contributed by atoms with Crippen LogP contribution in [-0.4, -0.2) is 51.4 Å². The summed E-state index contributed by atoms with van der Waals surface area (Å²) < 4.78 is 42.2. The number of para-hydroxylation sites is 1. The van der Waals surface area contributed by atoms with Gasteiger partial charge in [-0.05, 0) is 73.5 Å². The van der Waals surface area contributed by atoms with Gasteiger partial charge in [0, 0.05) is 42.8 Å². The summed E-state index contributed by atoms with van der Waals surface area (Å²) in [5, 5.41) is 0.469. The van der Waals surface area contributed by atoms with Crippen LogP contribution in [0.25, 0.3) is 0 Å². The number of fused-ring (bicyclic) bond motifs is 1. The molecule has 0 unspecified atom stereocenters. The first-order chi connectivity index (χ1) is 16.8. The number of carbonyl (C=O) groups excluding carboxylic acids is 1. The highest BCUT2D eigenvalue weighted by molar-refractivity contribution is 7.92. The lowest BCUT2D eigenvalue weighted by Crippen LogP contribution is -2.49. The molecule has 3 aromatic carbocycles. The third-order valence-electron chi connectivity index (χ3n) is 6.61. The van der Waals surface area contributed by atoms with E-state index in [0.29, 0.717) is 54.6 Å². The lowest BCUT2D eigenvalue weighted by atomic mass is 10.1. The number of nitrogens with zero attached hydrogens (tertiary/aromatic N) is 3. The molecule has 1 saturated heterocycles. The Balaban J connectivity index is 1.33. The van der Waals surface area contributed by atoms with Crippen molar-refractivity contribution in [1.29, 1.82) is 0 Å². The van der Waals surface area contributed by atoms with E-state index in [0.717, 1.165) is 5.56 Å². The Bertz CT molecular complexity index is 1370. The molecule has 0 spiro atoms. The first-order valence-electron chi connectivity index (χ1n) is 11.5. The van der Waals surface area contributed by atoms with Crippen LogP contribution in [0.15, 0.2) is 71.6 Å². The molecule has 1 amide bonds. The molecule has 0 bridgehead atoms. The highest BCUT2D eigenvalue weighted by atomic mass is 35.5. The summed E-state index contributed by atoms with van der Waals surface area (Å²) >= 11 is 5.92. The van der Waals surface area contributed by atoms with E-state index in [4.69, 9.17) is 11.6 Å². The second kappa shape index (κ2) is 9.17. The molecule has 5 rings (SSSR count). The van der Waals surface area contributed by atoms with Gasteiger partial charge in [-0.3, -0.25) is 9.10 Å². The van der Waals surface area contributed by atoms with Crippen LogP contribution in [0.4, 0.5) is 15.8 Å². The first-order valence-corrected chi connectivity index (χ1v) is 13.3. The van der Waals surface area contributed by atoms with Gasteiger partial charge in [-0.1, -0.05) is 23.7 Å². The molecule has 2 aliphatic rings. The van der Waals surface area contributed by atoms with Gasteiger partial charge in [-0.15, -0.1) is 0 Å². The molecule has 35 heavy (non-hydrogen) atoms. The van der Waals surface area contributed by atoms with Gasteiger partial charge in [0.2, 0.25) is 0 Å². The average Bonchev–Trinajstić information content (AvgIpc) is 3.20. The Morgan fingerprint density at radius 3 is 2.31 bits per heavy atom. The lowest BCUT2D eigenvalue weighted by molar-refractivity contribution is 0.0746. The van der Waals surface area contributed by atoms with Crippen molar-refractivity contribution in [3.63, 3.8) is 0 Å². The van der Waals surface area contributed by atoms with Crippen LogP contribution in [0.1, 0.15) is 22.8 Å². The van der Waals surface area contributed by atoms with Crippen LogP contribution >= 0.6 is 11.6 Å². The van der Waals surface area contributed by atoms with Crippen molar-refractivity contribution in [3.8, 4) is 0 Å². The third-order valence-corrected chi connectivity index (χ3v) is 8.80. The summed E-state index contributed by atoms with van der Waals surface area (Å²) in [6, 6.07) is 17.7. The summed E-state index contributed by atoms with van der Waals surface area (Å²) in [7, 11) is -3.76. The summed E-state index contributed by atoms with van der Waals surface area (Å²) in [5.74, 6) is -0.370. The maximum atomic E-state index is 14.1. The van der Waals surface area contributed by atoms with Crippen LogP contribution in [0.2, 0.25) is 5.02 Å². The van der Waals surface area contributed by atoms with Gasteiger partial charge in [-0.2, -0.15) is 0 Å². The van der Waals surface area contributed by atoms with Crippen LogP contribution in [-0.2, 0) is 16.4 Å².